The first-order chi connectivity index (χ1) is 7.70. The van der Waals surface area contributed by atoms with E-state index < -0.39 is 0 Å². The van der Waals surface area contributed by atoms with Gasteiger partial charge in [0.25, 0.3) is 0 Å². The Hall–Kier alpha value is -1.50. The second-order valence-corrected chi connectivity index (χ2v) is 3.85. The molecule has 0 spiro atoms. The van der Waals surface area contributed by atoms with Crippen LogP contribution < -0.4 is 5.32 Å². The zero-order valence-electron chi connectivity index (χ0n) is 8.17. The minimum atomic E-state index is 0.296. The number of terminal acetylenes is 1. The summed E-state index contributed by atoms with van der Waals surface area (Å²) in [5, 5.41) is 3.79. The largest absolute Gasteiger partial charge is 0.357 e. The molecule has 16 heavy (non-hydrogen) atoms. The van der Waals surface area contributed by atoms with Gasteiger partial charge in [-0.3, -0.25) is 0 Å². The minimum absolute atomic E-state index is 0.296. The number of aromatic nitrogens is 2. The molecule has 0 atom stereocenters. The van der Waals surface area contributed by atoms with Crippen LogP contribution in [0, 0.1) is 12.3 Å². The summed E-state index contributed by atoms with van der Waals surface area (Å²) in [4.78, 5) is 8.47. The van der Waals surface area contributed by atoms with Crippen LogP contribution in [-0.4, -0.2) is 16.5 Å². The first-order valence-electron chi connectivity index (χ1n) is 4.51. The number of nitrogens with one attached hydrogen (secondary N) is 1. The van der Waals surface area contributed by atoms with Crippen LogP contribution in [0.3, 0.4) is 0 Å². The molecule has 80 valence electrons. The van der Waals surface area contributed by atoms with Gasteiger partial charge >= 0.3 is 0 Å². The molecule has 0 radical (unpaired) electrons. The highest BCUT2D eigenvalue weighted by atomic mass is 35.5. The Labute approximate surface area is 103 Å². The van der Waals surface area contributed by atoms with Crippen LogP contribution in [0.1, 0.15) is 0 Å². The molecular formula is C11H7Cl2N3. The van der Waals surface area contributed by atoms with Crippen molar-refractivity contribution in [3.05, 3.63) is 28.4 Å². The summed E-state index contributed by atoms with van der Waals surface area (Å²) in [6.45, 7) is 0.348. The fourth-order valence-corrected chi connectivity index (χ4v) is 1.62. The van der Waals surface area contributed by atoms with Gasteiger partial charge in [-0.1, -0.05) is 29.1 Å². The lowest BCUT2D eigenvalue weighted by atomic mass is 10.3. The van der Waals surface area contributed by atoms with Crippen molar-refractivity contribution in [1.29, 1.82) is 0 Å². The monoisotopic (exact) mass is 251 g/mol. The molecule has 5 heteroatoms. The molecule has 1 heterocycles. The van der Waals surface area contributed by atoms with E-state index in [4.69, 9.17) is 29.6 Å². The molecule has 0 aliphatic carbocycles. The van der Waals surface area contributed by atoms with Crippen molar-refractivity contribution in [1.82, 2.24) is 9.97 Å². The maximum Gasteiger partial charge on any atom is 0.172 e. The molecule has 0 amide bonds. The maximum atomic E-state index is 5.94. The molecule has 1 aromatic carbocycles. The SMILES string of the molecule is C#CCNc1nc2cc(Cl)ccc2nc1Cl. The lowest BCUT2D eigenvalue weighted by Crippen LogP contribution is -2.02. The average molecular weight is 252 g/mol. The predicted octanol–water partition coefficient (Wildman–Crippen LogP) is 2.98. The third-order valence-electron chi connectivity index (χ3n) is 1.94. The molecule has 0 fully saturated rings. The van der Waals surface area contributed by atoms with Crippen molar-refractivity contribution in [2.45, 2.75) is 0 Å². The Morgan fingerprint density at radius 2 is 2.06 bits per heavy atom. The smallest absolute Gasteiger partial charge is 0.172 e. The van der Waals surface area contributed by atoms with Gasteiger partial charge < -0.3 is 5.32 Å². The second kappa shape index (κ2) is 4.56. The normalized spacial score (nSPS) is 10.1. The van der Waals surface area contributed by atoms with E-state index in [0.29, 0.717) is 33.6 Å². The zero-order chi connectivity index (χ0) is 11.5. The molecule has 2 rings (SSSR count). The first kappa shape index (κ1) is 11.0. The molecule has 1 aromatic heterocycles. The second-order valence-electron chi connectivity index (χ2n) is 3.05. The maximum absolute atomic E-state index is 5.94. The van der Waals surface area contributed by atoms with Gasteiger partial charge in [0, 0.05) is 5.02 Å². The Bertz CT molecular complexity index is 575. The van der Waals surface area contributed by atoms with Gasteiger partial charge in [-0.15, -0.1) is 6.42 Å². The molecule has 0 aliphatic rings. The van der Waals surface area contributed by atoms with E-state index in [1.165, 1.54) is 0 Å². The molecule has 3 nitrogen and oxygen atoms in total. The highest BCUT2D eigenvalue weighted by Crippen LogP contribution is 2.23. The molecule has 0 bridgehead atoms. The van der Waals surface area contributed by atoms with Crippen LogP contribution >= 0.6 is 23.2 Å². The topological polar surface area (TPSA) is 37.8 Å². The summed E-state index contributed by atoms with van der Waals surface area (Å²) >= 11 is 11.8. The minimum Gasteiger partial charge on any atom is -0.357 e. The van der Waals surface area contributed by atoms with E-state index in [9.17, 15) is 0 Å². The lowest BCUT2D eigenvalue weighted by molar-refractivity contribution is 1.23. The Morgan fingerprint density at radius 3 is 2.81 bits per heavy atom. The van der Waals surface area contributed by atoms with Crippen molar-refractivity contribution in [3.8, 4) is 12.3 Å². The predicted molar refractivity (Wildman–Crippen MR) is 66.9 cm³/mol. The van der Waals surface area contributed by atoms with Crippen LogP contribution in [-0.2, 0) is 0 Å². The lowest BCUT2D eigenvalue weighted by Gasteiger charge is -2.05. The summed E-state index contributed by atoms with van der Waals surface area (Å²) in [5.41, 5.74) is 1.37. The van der Waals surface area contributed by atoms with Gasteiger partial charge in [-0.05, 0) is 18.2 Å². The van der Waals surface area contributed by atoms with Crippen LogP contribution in [0.5, 0.6) is 0 Å². The van der Waals surface area contributed by atoms with E-state index in [1.807, 2.05) is 0 Å². The summed E-state index contributed by atoms with van der Waals surface area (Å²) in [6.07, 6.45) is 5.14. The van der Waals surface area contributed by atoms with Crippen LogP contribution in [0.15, 0.2) is 18.2 Å². The van der Waals surface area contributed by atoms with Crippen LogP contribution in [0.4, 0.5) is 5.82 Å². The number of nitrogens with zero attached hydrogens (tertiary/aromatic N) is 2. The number of fused-ring (bicyclic) bond motifs is 1. The standard InChI is InChI=1S/C11H7Cl2N3/c1-2-5-14-11-10(13)15-8-4-3-7(12)6-9(8)16-11/h1,3-4,6H,5H2,(H,14,16). The van der Waals surface area contributed by atoms with E-state index in [0.717, 1.165) is 0 Å². The highest BCUT2D eigenvalue weighted by Gasteiger charge is 2.06. The Balaban J connectivity index is 2.51. The third kappa shape index (κ3) is 2.19. The fourth-order valence-electron chi connectivity index (χ4n) is 1.25. The number of benzene rings is 1. The molecule has 1 N–H and O–H groups in total. The summed E-state index contributed by atoms with van der Waals surface area (Å²) in [6, 6.07) is 5.23. The number of halogens is 2. The average Bonchev–Trinajstić information content (AvgIpc) is 2.27. The van der Waals surface area contributed by atoms with Crippen LogP contribution in [0.2, 0.25) is 10.2 Å². The van der Waals surface area contributed by atoms with E-state index in [-0.39, 0.29) is 0 Å². The summed E-state index contributed by atoms with van der Waals surface area (Å²) in [5.74, 6) is 2.91. The quantitative estimate of drug-likeness (QED) is 0.835. The number of hydrogen-bond donors (Lipinski definition) is 1. The van der Waals surface area contributed by atoms with Gasteiger partial charge in [-0.25, -0.2) is 9.97 Å². The van der Waals surface area contributed by atoms with Crippen molar-refractivity contribution in [2.24, 2.45) is 0 Å². The van der Waals surface area contributed by atoms with Gasteiger partial charge in [0.05, 0.1) is 17.6 Å². The van der Waals surface area contributed by atoms with Crippen molar-refractivity contribution in [2.75, 3.05) is 11.9 Å². The van der Waals surface area contributed by atoms with Gasteiger partial charge in [0.2, 0.25) is 0 Å². The number of anilines is 1. The van der Waals surface area contributed by atoms with Crippen molar-refractivity contribution >= 4 is 40.1 Å². The van der Waals surface area contributed by atoms with Gasteiger partial charge in [0.15, 0.2) is 11.0 Å². The molecule has 0 saturated carbocycles. The summed E-state index contributed by atoms with van der Waals surface area (Å²) in [7, 11) is 0. The van der Waals surface area contributed by atoms with Crippen LogP contribution in [0.25, 0.3) is 11.0 Å². The van der Waals surface area contributed by atoms with Gasteiger partial charge in [0.1, 0.15) is 0 Å². The number of hydrogen-bond acceptors (Lipinski definition) is 3. The fraction of sp³-hybridized carbons (Fsp3) is 0.0909. The zero-order valence-corrected chi connectivity index (χ0v) is 9.68. The molecule has 0 aliphatic heterocycles. The summed E-state index contributed by atoms with van der Waals surface area (Å²) < 4.78 is 0. The molecule has 2 aromatic rings. The van der Waals surface area contributed by atoms with Gasteiger partial charge in [-0.2, -0.15) is 0 Å². The first-order valence-corrected chi connectivity index (χ1v) is 5.26. The number of rotatable bonds is 2. The van der Waals surface area contributed by atoms with E-state index >= 15 is 0 Å². The molecule has 0 unspecified atom stereocenters. The highest BCUT2D eigenvalue weighted by molar-refractivity contribution is 6.32. The van der Waals surface area contributed by atoms with Crippen molar-refractivity contribution in [3.63, 3.8) is 0 Å². The third-order valence-corrected chi connectivity index (χ3v) is 2.44. The van der Waals surface area contributed by atoms with Crippen molar-refractivity contribution < 1.29 is 0 Å². The van der Waals surface area contributed by atoms with E-state index in [2.05, 4.69) is 21.2 Å². The molecule has 0 saturated heterocycles. The molecular weight excluding hydrogens is 245 g/mol. The Morgan fingerprint density at radius 1 is 1.25 bits per heavy atom. The van der Waals surface area contributed by atoms with E-state index in [1.54, 1.807) is 18.2 Å². The Kier molecular flexibility index (Phi) is 3.14.